The molecule has 0 aromatic rings. The zero-order valence-electron chi connectivity index (χ0n) is 12.1. The predicted octanol–water partition coefficient (Wildman–Crippen LogP) is 2.85. The molecule has 108 valence electrons. The lowest BCUT2D eigenvalue weighted by Crippen LogP contribution is -2.41. The third-order valence-electron chi connectivity index (χ3n) is 3.63. The van der Waals surface area contributed by atoms with E-state index >= 15 is 0 Å². The van der Waals surface area contributed by atoms with Crippen molar-refractivity contribution in [3.8, 4) is 0 Å². The van der Waals surface area contributed by atoms with Crippen LogP contribution in [0.1, 0.15) is 33.6 Å². The number of carbonyl (C=O) groups is 2. The third kappa shape index (κ3) is 3.44. The fourth-order valence-corrected chi connectivity index (χ4v) is 2.39. The van der Waals surface area contributed by atoms with E-state index in [0.717, 1.165) is 0 Å². The van der Waals surface area contributed by atoms with E-state index < -0.39 is 11.6 Å². The van der Waals surface area contributed by atoms with Gasteiger partial charge in [0.15, 0.2) is 0 Å². The average molecular weight is 277 g/mol. The van der Waals surface area contributed by atoms with E-state index in [-0.39, 0.29) is 17.2 Å². The van der Waals surface area contributed by atoms with Crippen molar-refractivity contribution in [1.82, 2.24) is 5.32 Å². The van der Waals surface area contributed by atoms with Crippen molar-refractivity contribution in [3.63, 3.8) is 0 Å². The smallest absolute Gasteiger partial charge is 0.234 e. The quantitative estimate of drug-likeness (QED) is 0.592. The molecule has 20 heavy (non-hydrogen) atoms. The number of imide groups is 1. The molecule has 1 fully saturated rings. The second-order valence-corrected chi connectivity index (χ2v) is 6.29. The molecule has 1 aliphatic heterocycles. The molecule has 3 nitrogen and oxygen atoms in total. The molecule has 2 unspecified atom stereocenters. The van der Waals surface area contributed by atoms with Crippen molar-refractivity contribution in [2.24, 2.45) is 11.3 Å². The van der Waals surface area contributed by atoms with Gasteiger partial charge in [0.1, 0.15) is 5.67 Å². The second kappa shape index (κ2) is 5.00. The van der Waals surface area contributed by atoms with Crippen LogP contribution in [0, 0.1) is 11.3 Å². The number of amides is 2. The molecule has 0 aromatic heterocycles. The number of alkyl halides is 1. The molecule has 2 amide bonds. The molecular weight excluding hydrogens is 257 g/mol. The van der Waals surface area contributed by atoms with E-state index in [0.29, 0.717) is 18.4 Å². The van der Waals surface area contributed by atoms with Gasteiger partial charge in [0.05, 0.1) is 5.92 Å². The highest BCUT2D eigenvalue weighted by Crippen LogP contribution is 2.32. The number of hydrogen-bond acceptors (Lipinski definition) is 2. The second-order valence-electron chi connectivity index (χ2n) is 6.29. The summed E-state index contributed by atoms with van der Waals surface area (Å²) in [6.07, 6.45) is 9.29. The first-order chi connectivity index (χ1) is 9.19. The maximum atomic E-state index is 14.5. The summed E-state index contributed by atoms with van der Waals surface area (Å²) >= 11 is 0. The van der Waals surface area contributed by atoms with Crippen molar-refractivity contribution in [3.05, 3.63) is 36.0 Å². The van der Waals surface area contributed by atoms with E-state index in [1.165, 1.54) is 19.1 Å². The maximum absolute atomic E-state index is 14.5. The molecule has 2 atom stereocenters. The van der Waals surface area contributed by atoms with Crippen LogP contribution < -0.4 is 5.32 Å². The lowest BCUT2D eigenvalue weighted by Gasteiger charge is -2.27. The Morgan fingerprint density at radius 3 is 2.55 bits per heavy atom. The Morgan fingerprint density at radius 1 is 1.20 bits per heavy atom. The van der Waals surface area contributed by atoms with Gasteiger partial charge in [0.25, 0.3) is 0 Å². The molecule has 2 rings (SSSR count). The minimum Gasteiger partial charge on any atom is -0.296 e. The summed E-state index contributed by atoms with van der Waals surface area (Å²) in [5.41, 5.74) is -1.23. The molecule has 2 aliphatic rings. The predicted molar refractivity (Wildman–Crippen MR) is 75.5 cm³/mol. The normalized spacial score (nSPS) is 37.4. The van der Waals surface area contributed by atoms with Crippen LogP contribution in [-0.4, -0.2) is 17.5 Å². The number of rotatable bonds is 1. The van der Waals surface area contributed by atoms with E-state index in [2.05, 4.69) is 5.32 Å². The minimum absolute atomic E-state index is 0.259. The molecule has 1 heterocycles. The van der Waals surface area contributed by atoms with Gasteiger partial charge in [-0.05, 0) is 31.1 Å². The van der Waals surface area contributed by atoms with Gasteiger partial charge >= 0.3 is 0 Å². The van der Waals surface area contributed by atoms with Crippen LogP contribution in [0.15, 0.2) is 36.0 Å². The zero-order valence-corrected chi connectivity index (χ0v) is 12.1. The monoisotopic (exact) mass is 277 g/mol. The van der Waals surface area contributed by atoms with Crippen molar-refractivity contribution < 1.29 is 14.0 Å². The van der Waals surface area contributed by atoms with Gasteiger partial charge in [0.2, 0.25) is 11.8 Å². The van der Waals surface area contributed by atoms with Gasteiger partial charge in [-0.25, -0.2) is 4.39 Å². The van der Waals surface area contributed by atoms with Gasteiger partial charge in [-0.15, -0.1) is 0 Å². The molecule has 0 aromatic carbocycles. The summed E-state index contributed by atoms with van der Waals surface area (Å²) in [7, 11) is 0. The van der Waals surface area contributed by atoms with Crippen molar-refractivity contribution in [1.29, 1.82) is 0 Å². The number of hydrogen-bond donors (Lipinski definition) is 1. The van der Waals surface area contributed by atoms with Crippen LogP contribution in [0.3, 0.4) is 0 Å². The highest BCUT2D eigenvalue weighted by molar-refractivity contribution is 6.00. The lowest BCUT2D eigenvalue weighted by molar-refractivity contribution is -0.135. The fourth-order valence-electron chi connectivity index (χ4n) is 2.39. The van der Waals surface area contributed by atoms with Gasteiger partial charge in [0, 0.05) is 11.8 Å². The summed E-state index contributed by atoms with van der Waals surface area (Å²) in [4.78, 5) is 23.1. The molecule has 1 saturated heterocycles. The summed E-state index contributed by atoms with van der Waals surface area (Å²) in [6.45, 7) is 5.41. The first-order valence-corrected chi connectivity index (χ1v) is 6.84. The number of allylic oxidation sites excluding steroid dienone is 5. The molecule has 0 bridgehead atoms. The minimum atomic E-state index is -1.60. The summed E-state index contributed by atoms with van der Waals surface area (Å²) in [6, 6.07) is 0. The largest absolute Gasteiger partial charge is 0.296 e. The van der Waals surface area contributed by atoms with Crippen molar-refractivity contribution >= 4 is 11.8 Å². The average Bonchev–Trinajstić information content (AvgIpc) is 2.32. The number of piperidine rings is 1. The Morgan fingerprint density at radius 2 is 1.90 bits per heavy atom. The zero-order chi connectivity index (χ0) is 15.0. The van der Waals surface area contributed by atoms with Crippen LogP contribution in [0.25, 0.3) is 0 Å². The van der Waals surface area contributed by atoms with Crippen LogP contribution in [0.2, 0.25) is 0 Å². The van der Waals surface area contributed by atoms with E-state index in [1.54, 1.807) is 6.08 Å². The molecular formula is C16H20FNO2. The maximum Gasteiger partial charge on any atom is 0.234 e. The number of carbonyl (C=O) groups excluding carboxylic acids is 2. The number of nitrogens with one attached hydrogen (secondary N) is 1. The summed E-state index contributed by atoms with van der Waals surface area (Å²) in [5, 5.41) is 2.32. The summed E-state index contributed by atoms with van der Waals surface area (Å²) < 4.78 is 14.5. The topological polar surface area (TPSA) is 46.2 Å². The molecule has 0 radical (unpaired) electrons. The molecule has 1 aliphatic carbocycles. The Bertz CT molecular complexity index is 527. The Kier molecular flexibility index (Phi) is 3.67. The Labute approximate surface area is 118 Å². The van der Waals surface area contributed by atoms with Crippen molar-refractivity contribution in [2.45, 2.75) is 39.3 Å². The van der Waals surface area contributed by atoms with E-state index in [9.17, 15) is 14.0 Å². The van der Waals surface area contributed by atoms with E-state index in [1.807, 2.05) is 26.0 Å². The SMILES string of the molecule is CC1(C)C=CC(C)(F)/C=C(C2CCC(=O)NC2=O)\C=C/1. The van der Waals surface area contributed by atoms with Crippen LogP contribution in [0.4, 0.5) is 4.39 Å². The van der Waals surface area contributed by atoms with Crippen molar-refractivity contribution in [2.75, 3.05) is 0 Å². The van der Waals surface area contributed by atoms with Crippen LogP contribution in [0.5, 0.6) is 0 Å². The highest BCUT2D eigenvalue weighted by Gasteiger charge is 2.31. The van der Waals surface area contributed by atoms with Gasteiger partial charge in [-0.2, -0.15) is 0 Å². The molecule has 1 N–H and O–H groups in total. The van der Waals surface area contributed by atoms with Crippen LogP contribution in [-0.2, 0) is 9.59 Å². The Balaban J connectivity index is 2.36. The number of halogens is 1. The third-order valence-corrected chi connectivity index (χ3v) is 3.63. The van der Waals surface area contributed by atoms with Gasteiger partial charge in [-0.3, -0.25) is 14.9 Å². The van der Waals surface area contributed by atoms with Gasteiger partial charge < -0.3 is 0 Å². The standard InChI is InChI=1S/C16H20FNO2/c1-15(2)7-6-11(10-16(3,17)9-8-15)12-4-5-13(19)18-14(12)20/h6-10,12H,4-5H2,1-3H3,(H,18,19,20)/b7-6-,9-8?,11-10+. The Hall–Kier alpha value is -1.71. The first-order valence-electron chi connectivity index (χ1n) is 6.84. The van der Waals surface area contributed by atoms with Gasteiger partial charge in [-0.1, -0.05) is 32.1 Å². The molecule has 0 saturated carbocycles. The first kappa shape index (κ1) is 14.7. The molecule has 4 heteroatoms. The summed E-state index contributed by atoms with van der Waals surface area (Å²) in [5.74, 6) is -1.05. The highest BCUT2D eigenvalue weighted by atomic mass is 19.1. The fraction of sp³-hybridized carbons (Fsp3) is 0.500. The molecule has 0 spiro atoms. The van der Waals surface area contributed by atoms with E-state index in [4.69, 9.17) is 0 Å². The lowest BCUT2D eigenvalue weighted by atomic mass is 9.82. The van der Waals surface area contributed by atoms with Crippen LogP contribution >= 0.6 is 0 Å².